The minimum Gasteiger partial charge on any atom is -1.00 e. The van der Waals surface area contributed by atoms with Gasteiger partial charge in [0.15, 0.2) is 0 Å². The second-order valence-corrected chi connectivity index (χ2v) is 9.72. The van der Waals surface area contributed by atoms with Crippen LogP contribution >= 0.6 is 0 Å². The van der Waals surface area contributed by atoms with Crippen LogP contribution in [0.25, 0.3) is 5.32 Å². The van der Waals surface area contributed by atoms with Gasteiger partial charge in [-0.05, 0) is 13.3 Å². The molecule has 0 aliphatic heterocycles. The number of hydrogen-bond donors (Lipinski definition) is 0. The quantitative estimate of drug-likeness (QED) is 0.541. The fourth-order valence-corrected chi connectivity index (χ4v) is 5.57. The van der Waals surface area contributed by atoms with Gasteiger partial charge >= 0.3 is 21.7 Å². The number of rotatable bonds is 4. The summed E-state index contributed by atoms with van der Waals surface area (Å²) in [6.07, 6.45) is 12.9. The van der Waals surface area contributed by atoms with E-state index in [1.807, 2.05) is 0 Å². The van der Waals surface area contributed by atoms with E-state index in [1.54, 1.807) is 0 Å². The van der Waals surface area contributed by atoms with E-state index in [-0.39, 0.29) is 46.5 Å². The second kappa shape index (κ2) is 10.7. The van der Waals surface area contributed by atoms with Crippen molar-refractivity contribution in [1.82, 2.24) is 0 Å². The van der Waals surface area contributed by atoms with Gasteiger partial charge in [0, 0.05) is 8.80 Å². The number of nitrogens with zero attached hydrogens (tertiary/aromatic N) is 1. The smallest absolute Gasteiger partial charge is 1.00 e. The van der Waals surface area contributed by atoms with Crippen LogP contribution in [0.5, 0.6) is 0 Å². The molecule has 0 spiro atoms. The van der Waals surface area contributed by atoms with E-state index < -0.39 is 8.80 Å². The molecule has 0 bridgehead atoms. The average Bonchev–Trinajstić information content (AvgIpc) is 2.70. The van der Waals surface area contributed by atoms with Crippen molar-refractivity contribution in [3.63, 3.8) is 0 Å². The van der Waals surface area contributed by atoms with Gasteiger partial charge in [0.25, 0.3) is 0 Å². The van der Waals surface area contributed by atoms with Crippen LogP contribution in [-0.4, -0.2) is 20.0 Å². The first kappa shape index (κ1) is 24.2. The first-order valence-electron chi connectivity index (χ1n) is 7.69. The number of hydrogen-bond acceptors (Lipinski definition) is 0. The van der Waals surface area contributed by atoms with Crippen LogP contribution in [0.15, 0.2) is 23.3 Å². The molecule has 1 unspecified atom stereocenters. The third-order valence-electron chi connectivity index (χ3n) is 4.88. The monoisotopic (exact) mass is 380 g/mol. The summed E-state index contributed by atoms with van der Waals surface area (Å²) in [5, 5.41) is 5.71. The Hall–Kier alpha value is 0.951. The van der Waals surface area contributed by atoms with Crippen molar-refractivity contribution >= 4 is 8.80 Å². The Morgan fingerprint density at radius 3 is 2.14 bits per heavy atom. The van der Waals surface area contributed by atoms with E-state index in [0.29, 0.717) is 11.2 Å². The molecule has 5 heteroatoms. The molecular formula is C16H28Cl2NSiTi. The van der Waals surface area contributed by atoms with Crippen molar-refractivity contribution in [1.29, 1.82) is 0 Å². The Balaban J connectivity index is 0. The van der Waals surface area contributed by atoms with Crippen LogP contribution in [0, 0.1) is 0 Å². The van der Waals surface area contributed by atoms with E-state index in [0.717, 1.165) is 6.42 Å². The summed E-state index contributed by atoms with van der Waals surface area (Å²) in [5.74, 6) is 0. The normalized spacial score (nSPS) is 23.4. The molecule has 0 heterocycles. The zero-order valence-corrected chi connectivity index (χ0v) is 18.0. The van der Waals surface area contributed by atoms with Crippen molar-refractivity contribution in [3.8, 4) is 0 Å². The van der Waals surface area contributed by atoms with Gasteiger partial charge in [-0.3, -0.25) is 0 Å². The summed E-state index contributed by atoms with van der Waals surface area (Å²) in [6.45, 7) is 9.47. The first-order chi connectivity index (χ1) is 8.57. The summed E-state index contributed by atoms with van der Waals surface area (Å²) in [7, 11) is -0.719. The number of allylic oxidation sites excluding steroid dienone is 2. The Labute approximate surface area is 160 Å². The first-order valence-corrected chi connectivity index (χ1v) is 10.6. The summed E-state index contributed by atoms with van der Waals surface area (Å²) in [4.78, 5) is 0. The minimum atomic E-state index is -0.719. The summed E-state index contributed by atoms with van der Waals surface area (Å²) in [5.41, 5.74) is 2.97. The zero-order chi connectivity index (χ0) is 13.2. The fraction of sp³-hybridized carbons (Fsp3) is 0.750. The summed E-state index contributed by atoms with van der Waals surface area (Å²) < 4.78 is 0. The van der Waals surface area contributed by atoms with Gasteiger partial charge in [-0.2, -0.15) is 0 Å². The van der Waals surface area contributed by atoms with Crippen molar-refractivity contribution in [2.45, 2.75) is 76.7 Å². The van der Waals surface area contributed by atoms with Crippen LogP contribution in [0.4, 0.5) is 0 Å². The predicted octanol–water partition coefficient (Wildman–Crippen LogP) is -1.24. The van der Waals surface area contributed by atoms with Gasteiger partial charge in [0.2, 0.25) is 0 Å². The molecule has 2 aliphatic rings. The third kappa shape index (κ3) is 5.82. The molecule has 1 nitrogen and oxygen atoms in total. The van der Waals surface area contributed by atoms with Gasteiger partial charge in [-0.1, -0.05) is 81.5 Å². The second-order valence-electron chi connectivity index (χ2n) is 6.33. The molecule has 0 N–H and O–H groups in total. The predicted molar refractivity (Wildman–Crippen MR) is 84.0 cm³/mol. The maximum absolute atomic E-state index is 5.32. The van der Waals surface area contributed by atoms with E-state index in [1.165, 1.54) is 43.3 Å². The summed E-state index contributed by atoms with van der Waals surface area (Å²) >= 11 is 0. The molecule has 21 heavy (non-hydrogen) atoms. The number of halogens is 2. The molecule has 0 aromatic heterocycles. The molecule has 2 rings (SSSR count). The van der Waals surface area contributed by atoms with Crippen LogP contribution in [-0.2, 0) is 21.7 Å². The van der Waals surface area contributed by atoms with Gasteiger partial charge in [0.05, 0.1) is 0 Å². The molecule has 2 aliphatic carbocycles. The zero-order valence-electron chi connectivity index (χ0n) is 13.8. The van der Waals surface area contributed by atoms with Gasteiger partial charge in [-0.15, -0.1) is 5.16 Å². The SMILES string of the molecule is CCC1=CC([N-]C2([SiH](C)C)CCCCC2)C=C1C.[Cl-].[Cl-].[Ti+3]. The molecule has 119 valence electrons. The molecule has 1 atom stereocenters. The fourth-order valence-electron chi connectivity index (χ4n) is 3.54. The third-order valence-corrected chi connectivity index (χ3v) is 7.76. The van der Waals surface area contributed by atoms with Gasteiger partial charge in [-0.25, -0.2) is 0 Å². The molecule has 0 aromatic carbocycles. The molecule has 0 amide bonds. The maximum Gasteiger partial charge on any atom is 3.00 e. The maximum atomic E-state index is 5.32. The Bertz CT molecular complexity index is 363. The molecule has 0 aromatic rings. The van der Waals surface area contributed by atoms with E-state index in [4.69, 9.17) is 5.32 Å². The standard InChI is InChI=1S/C16H28NSi.2ClH.Ti/c1-5-14-12-15(11-13(14)2)17-16(18(3)4)9-7-6-8-10-16;;;/h11-12,15,18H,5-10H2,1-4H3;2*1H;/q-1;;;+3/p-2. The van der Waals surface area contributed by atoms with Crippen molar-refractivity contribution in [2.24, 2.45) is 0 Å². The Kier molecular flexibility index (Phi) is 12.3. The average molecular weight is 381 g/mol. The molecular weight excluding hydrogens is 353 g/mol. The van der Waals surface area contributed by atoms with Crippen LogP contribution in [0.2, 0.25) is 13.1 Å². The minimum absolute atomic E-state index is 0. The van der Waals surface area contributed by atoms with Gasteiger partial charge < -0.3 is 30.1 Å². The van der Waals surface area contributed by atoms with E-state index >= 15 is 0 Å². The molecule has 1 fully saturated rings. The Morgan fingerprint density at radius 1 is 1.14 bits per heavy atom. The van der Waals surface area contributed by atoms with Crippen molar-refractivity contribution in [3.05, 3.63) is 28.6 Å². The van der Waals surface area contributed by atoms with Gasteiger partial charge in [0.1, 0.15) is 0 Å². The van der Waals surface area contributed by atoms with Crippen LogP contribution in [0.3, 0.4) is 0 Å². The topological polar surface area (TPSA) is 14.1 Å². The van der Waals surface area contributed by atoms with Crippen molar-refractivity contribution < 1.29 is 46.5 Å². The van der Waals surface area contributed by atoms with Crippen molar-refractivity contribution in [2.75, 3.05) is 0 Å². The molecule has 1 saturated carbocycles. The Morgan fingerprint density at radius 2 is 1.71 bits per heavy atom. The van der Waals surface area contributed by atoms with Crippen LogP contribution in [0.1, 0.15) is 52.4 Å². The largest absolute Gasteiger partial charge is 3.00 e. The van der Waals surface area contributed by atoms with E-state index in [2.05, 4.69) is 39.1 Å². The summed E-state index contributed by atoms with van der Waals surface area (Å²) in [6, 6.07) is 0.382. The van der Waals surface area contributed by atoms with Crippen LogP contribution < -0.4 is 24.8 Å². The molecule has 1 radical (unpaired) electrons. The molecule has 0 saturated heterocycles. The van der Waals surface area contributed by atoms with E-state index in [9.17, 15) is 0 Å².